The Morgan fingerprint density at radius 3 is 2.42 bits per heavy atom. The summed E-state index contributed by atoms with van der Waals surface area (Å²) in [5.74, 6) is 0.966. The number of hydrogen-bond acceptors (Lipinski definition) is 5. The number of aryl methyl sites for hydroxylation is 3. The van der Waals surface area contributed by atoms with Crippen molar-refractivity contribution in [2.45, 2.75) is 25.9 Å². The van der Waals surface area contributed by atoms with Crippen LogP contribution in [-0.4, -0.2) is 31.4 Å². The molecule has 3 aromatic rings. The van der Waals surface area contributed by atoms with Crippen molar-refractivity contribution in [3.63, 3.8) is 0 Å². The van der Waals surface area contributed by atoms with Gasteiger partial charge in [-0.05, 0) is 44.0 Å². The summed E-state index contributed by atoms with van der Waals surface area (Å²) < 4.78 is 1.88. The molecule has 0 atom stereocenters. The van der Waals surface area contributed by atoms with Crippen LogP contribution in [0.5, 0.6) is 0 Å². The highest BCUT2D eigenvalue weighted by Gasteiger charge is 2.14. The van der Waals surface area contributed by atoms with Crippen molar-refractivity contribution in [2.75, 3.05) is 11.1 Å². The van der Waals surface area contributed by atoms with Crippen molar-refractivity contribution in [2.24, 2.45) is 7.05 Å². The van der Waals surface area contributed by atoms with E-state index in [-0.39, 0.29) is 11.7 Å². The molecule has 0 aliphatic heterocycles. The van der Waals surface area contributed by atoms with Crippen LogP contribution in [0, 0.1) is 20.8 Å². The monoisotopic (exact) mass is 367 g/mol. The maximum atomic E-state index is 12.4. The van der Waals surface area contributed by atoms with Crippen molar-refractivity contribution in [1.82, 2.24) is 19.7 Å². The van der Waals surface area contributed by atoms with Gasteiger partial charge in [-0.2, -0.15) is 0 Å². The second-order valence-electron chi connectivity index (χ2n) is 6.21. The molecule has 0 spiro atoms. The third-order valence-corrected chi connectivity index (χ3v) is 5.07. The highest BCUT2D eigenvalue weighted by Crippen LogP contribution is 2.24. The van der Waals surface area contributed by atoms with Crippen molar-refractivity contribution >= 4 is 23.4 Å². The van der Waals surface area contributed by atoms with Gasteiger partial charge in [0.1, 0.15) is 0 Å². The van der Waals surface area contributed by atoms with Crippen LogP contribution in [0.1, 0.15) is 16.7 Å². The first-order chi connectivity index (χ1) is 12.5. The molecular weight excluding hydrogens is 346 g/mol. The van der Waals surface area contributed by atoms with Gasteiger partial charge in [0, 0.05) is 30.7 Å². The Morgan fingerprint density at radius 2 is 1.77 bits per heavy atom. The maximum Gasteiger partial charge on any atom is 0.234 e. The number of benzene rings is 1. The van der Waals surface area contributed by atoms with E-state index < -0.39 is 0 Å². The summed E-state index contributed by atoms with van der Waals surface area (Å²) in [6, 6.07) is 7.90. The highest BCUT2D eigenvalue weighted by atomic mass is 32.2. The van der Waals surface area contributed by atoms with E-state index in [1.165, 1.54) is 17.3 Å². The van der Waals surface area contributed by atoms with Gasteiger partial charge in [-0.3, -0.25) is 9.78 Å². The summed E-state index contributed by atoms with van der Waals surface area (Å²) >= 11 is 1.37. The molecule has 1 N–H and O–H groups in total. The minimum Gasteiger partial charge on any atom is -0.325 e. The van der Waals surface area contributed by atoms with E-state index in [1.807, 2.05) is 37.6 Å². The first-order valence-corrected chi connectivity index (χ1v) is 9.24. The molecule has 0 saturated heterocycles. The zero-order valence-electron chi connectivity index (χ0n) is 15.3. The SMILES string of the molecule is Cc1cc(C)c(NC(=O)CSc2nnc(-c3ccncc3)n2C)c(C)c1. The number of anilines is 1. The van der Waals surface area contributed by atoms with Crippen LogP contribution in [0.15, 0.2) is 41.8 Å². The molecule has 7 heteroatoms. The van der Waals surface area contributed by atoms with Crippen LogP contribution in [0.25, 0.3) is 11.4 Å². The van der Waals surface area contributed by atoms with E-state index in [2.05, 4.69) is 39.6 Å². The maximum absolute atomic E-state index is 12.4. The number of thioether (sulfide) groups is 1. The van der Waals surface area contributed by atoms with Crippen LogP contribution in [0.3, 0.4) is 0 Å². The van der Waals surface area contributed by atoms with Gasteiger partial charge in [0.25, 0.3) is 0 Å². The molecule has 0 saturated carbocycles. The number of carbonyl (C=O) groups excluding carboxylic acids is 1. The largest absolute Gasteiger partial charge is 0.325 e. The topological polar surface area (TPSA) is 72.7 Å². The molecule has 0 aliphatic carbocycles. The van der Waals surface area contributed by atoms with Crippen LogP contribution in [-0.2, 0) is 11.8 Å². The molecule has 0 aliphatic rings. The molecule has 0 unspecified atom stereocenters. The van der Waals surface area contributed by atoms with E-state index in [9.17, 15) is 4.79 Å². The van der Waals surface area contributed by atoms with Gasteiger partial charge in [-0.1, -0.05) is 29.5 Å². The number of aromatic nitrogens is 4. The normalized spacial score (nSPS) is 10.8. The quantitative estimate of drug-likeness (QED) is 0.699. The predicted octanol–water partition coefficient (Wildman–Crippen LogP) is 3.53. The molecule has 6 nitrogen and oxygen atoms in total. The Balaban J connectivity index is 1.67. The van der Waals surface area contributed by atoms with Gasteiger partial charge < -0.3 is 9.88 Å². The zero-order chi connectivity index (χ0) is 18.7. The van der Waals surface area contributed by atoms with Gasteiger partial charge in [0.2, 0.25) is 5.91 Å². The average molecular weight is 367 g/mol. The third kappa shape index (κ3) is 3.94. The van der Waals surface area contributed by atoms with E-state index in [0.717, 1.165) is 28.2 Å². The lowest BCUT2D eigenvalue weighted by molar-refractivity contribution is -0.113. The summed E-state index contributed by atoms with van der Waals surface area (Å²) in [6.07, 6.45) is 3.44. The molecular formula is C19H21N5OS. The number of hydrogen-bond donors (Lipinski definition) is 1. The minimum atomic E-state index is -0.0569. The Hall–Kier alpha value is -2.67. The molecule has 0 radical (unpaired) electrons. The number of nitrogens with one attached hydrogen (secondary N) is 1. The van der Waals surface area contributed by atoms with E-state index in [4.69, 9.17) is 0 Å². The summed E-state index contributed by atoms with van der Waals surface area (Å²) in [4.78, 5) is 16.4. The Morgan fingerprint density at radius 1 is 1.12 bits per heavy atom. The zero-order valence-corrected chi connectivity index (χ0v) is 16.1. The standard InChI is InChI=1S/C19H21N5OS/c1-12-9-13(2)17(14(3)10-12)21-16(25)11-26-19-23-22-18(24(19)4)15-5-7-20-8-6-15/h5-10H,11H2,1-4H3,(H,21,25). The number of nitrogens with zero attached hydrogens (tertiary/aromatic N) is 4. The number of amides is 1. The molecule has 1 aromatic carbocycles. The van der Waals surface area contributed by atoms with Gasteiger partial charge in [0.05, 0.1) is 5.75 Å². The minimum absolute atomic E-state index is 0.0569. The van der Waals surface area contributed by atoms with E-state index >= 15 is 0 Å². The molecule has 134 valence electrons. The second kappa shape index (κ2) is 7.70. The third-order valence-electron chi connectivity index (χ3n) is 4.05. The van der Waals surface area contributed by atoms with Gasteiger partial charge >= 0.3 is 0 Å². The van der Waals surface area contributed by atoms with Gasteiger partial charge in [-0.25, -0.2) is 0 Å². The summed E-state index contributed by atoms with van der Waals surface area (Å²) in [6.45, 7) is 6.06. The predicted molar refractivity (Wildman–Crippen MR) is 104 cm³/mol. The summed E-state index contributed by atoms with van der Waals surface area (Å²) in [7, 11) is 1.89. The lowest BCUT2D eigenvalue weighted by Gasteiger charge is -2.12. The highest BCUT2D eigenvalue weighted by molar-refractivity contribution is 7.99. The molecule has 2 aromatic heterocycles. The van der Waals surface area contributed by atoms with E-state index in [1.54, 1.807) is 12.4 Å². The smallest absolute Gasteiger partial charge is 0.234 e. The lowest BCUT2D eigenvalue weighted by atomic mass is 10.1. The fourth-order valence-corrected chi connectivity index (χ4v) is 3.59. The molecule has 2 heterocycles. The van der Waals surface area contributed by atoms with Gasteiger partial charge in [-0.15, -0.1) is 10.2 Å². The second-order valence-corrected chi connectivity index (χ2v) is 7.15. The van der Waals surface area contributed by atoms with Crippen molar-refractivity contribution in [3.8, 4) is 11.4 Å². The molecule has 26 heavy (non-hydrogen) atoms. The van der Waals surface area contributed by atoms with Gasteiger partial charge in [0.15, 0.2) is 11.0 Å². The molecule has 3 rings (SSSR count). The number of pyridine rings is 1. The van der Waals surface area contributed by atoms with Crippen LogP contribution >= 0.6 is 11.8 Å². The first kappa shape index (κ1) is 18.1. The fourth-order valence-electron chi connectivity index (χ4n) is 2.88. The molecule has 0 bridgehead atoms. The Kier molecular flexibility index (Phi) is 5.37. The lowest BCUT2D eigenvalue weighted by Crippen LogP contribution is -2.16. The van der Waals surface area contributed by atoms with E-state index in [0.29, 0.717) is 5.16 Å². The fraction of sp³-hybridized carbons (Fsp3) is 0.263. The molecule has 1 amide bonds. The average Bonchev–Trinajstić information content (AvgIpc) is 2.98. The Labute approximate surface area is 157 Å². The summed E-state index contributed by atoms with van der Waals surface area (Å²) in [5.41, 5.74) is 5.16. The molecule has 0 fully saturated rings. The number of rotatable bonds is 5. The van der Waals surface area contributed by atoms with Crippen molar-refractivity contribution < 1.29 is 4.79 Å². The van der Waals surface area contributed by atoms with Crippen LogP contribution in [0.2, 0.25) is 0 Å². The van der Waals surface area contributed by atoms with Crippen molar-refractivity contribution in [1.29, 1.82) is 0 Å². The first-order valence-electron chi connectivity index (χ1n) is 8.26. The number of carbonyl (C=O) groups is 1. The Bertz CT molecular complexity index is 913. The van der Waals surface area contributed by atoms with Crippen molar-refractivity contribution in [3.05, 3.63) is 53.3 Å². The van der Waals surface area contributed by atoms with Crippen LogP contribution < -0.4 is 5.32 Å². The summed E-state index contributed by atoms with van der Waals surface area (Å²) in [5, 5.41) is 12.1. The van der Waals surface area contributed by atoms with Crippen LogP contribution in [0.4, 0.5) is 5.69 Å².